The number of rotatable bonds is 4. The average molecular weight is 752 g/mol. The quantitative estimate of drug-likeness (QED) is 0.124. The van der Waals surface area contributed by atoms with E-state index in [2.05, 4.69) is 194 Å². The van der Waals surface area contributed by atoms with E-state index < -0.39 is 0 Å². The van der Waals surface area contributed by atoms with E-state index in [1.54, 1.807) is 0 Å². The second kappa shape index (κ2) is 13.1. The van der Waals surface area contributed by atoms with Gasteiger partial charge in [0.2, 0.25) is 0 Å². The molecule has 0 spiro atoms. The van der Waals surface area contributed by atoms with Gasteiger partial charge in [0.05, 0.1) is 0 Å². The Balaban J connectivity index is 1.14. The van der Waals surface area contributed by atoms with Crippen LogP contribution < -0.4 is 0 Å². The van der Waals surface area contributed by atoms with Gasteiger partial charge >= 0.3 is 0 Å². The molecule has 0 nitrogen and oxygen atoms in total. The summed E-state index contributed by atoms with van der Waals surface area (Å²) in [5, 5.41) is 15.1. The van der Waals surface area contributed by atoms with Crippen LogP contribution in [-0.2, 0) is 0 Å². The molecule has 0 unspecified atom stereocenters. The molecule has 0 N–H and O–H groups in total. The fourth-order valence-corrected chi connectivity index (χ4v) is 9.87. The molecule has 0 aromatic heterocycles. The van der Waals surface area contributed by atoms with Gasteiger partial charge in [-0.05, 0) is 123 Å². The molecule has 0 saturated heterocycles. The van der Waals surface area contributed by atoms with E-state index in [4.69, 9.17) is 23.2 Å². The Bertz CT molecular complexity index is 3020. The van der Waals surface area contributed by atoms with E-state index in [1.807, 2.05) is 0 Å². The van der Waals surface area contributed by atoms with E-state index in [0.717, 1.165) is 32.7 Å². The molecule has 11 aromatic rings. The average Bonchev–Trinajstić information content (AvgIpc) is 3.25. The van der Waals surface area contributed by atoms with E-state index >= 15 is 0 Å². The van der Waals surface area contributed by atoms with Gasteiger partial charge in [0.15, 0.2) is 0 Å². The minimum absolute atomic E-state index is 0.682. The highest BCUT2D eigenvalue weighted by Crippen LogP contribution is 2.48. The van der Waals surface area contributed by atoms with E-state index in [0.29, 0.717) is 10.0 Å². The molecule has 0 aliphatic carbocycles. The Kier molecular flexibility index (Phi) is 7.71. The van der Waals surface area contributed by atoms with Crippen LogP contribution in [0.25, 0.3) is 109 Å². The highest BCUT2D eigenvalue weighted by Gasteiger charge is 2.21. The third-order valence-electron chi connectivity index (χ3n) is 11.5. The van der Waals surface area contributed by atoms with Crippen LogP contribution in [0.1, 0.15) is 0 Å². The van der Waals surface area contributed by atoms with Crippen LogP contribution in [0.5, 0.6) is 0 Å². The smallest absolute Gasteiger partial charge is 0.0497 e. The third-order valence-corrected chi connectivity index (χ3v) is 12.1. The third kappa shape index (κ3) is 5.07. The van der Waals surface area contributed by atoms with E-state index in [-0.39, 0.29) is 0 Å². The zero-order valence-electron chi connectivity index (χ0n) is 30.2. The highest BCUT2D eigenvalue weighted by atomic mass is 35.5. The van der Waals surface area contributed by atoms with Gasteiger partial charge in [0.25, 0.3) is 0 Å². The van der Waals surface area contributed by atoms with E-state index in [9.17, 15) is 0 Å². The summed E-state index contributed by atoms with van der Waals surface area (Å²) in [7, 11) is 0. The molecule has 0 saturated carbocycles. The summed E-state index contributed by atoms with van der Waals surface area (Å²) in [5.74, 6) is 0. The number of benzene rings is 11. The molecule has 11 aromatic carbocycles. The Morgan fingerprint density at radius 2 is 0.482 bits per heavy atom. The SMILES string of the molecule is Clc1cc(-c2c3ccccc3c(-c3ccccc3)c3ccccc23)cc2ccc3cc(-c4c5ccccc5c(-c5ccccc5)c5ccccc45)cc(Cl)c3c12. The molecule has 0 heterocycles. The maximum absolute atomic E-state index is 7.42. The van der Waals surface area contributed by atoms with E-state index in [1.165, 1.54) is 76.5 Å². The summed E-state index contributed by atoms with van der Waals surface area (Å²) in [5.41, 5.74) is 9.43. The van der Waals surface area contributed by atoms with Crippen LogP contribution in [-0.4, -0.2) is 0 Å². The summed E-state index contributed by atoms with van der Waals surface area (Å²) in [4.78, 5) is 0. The van der Waals surface area contributed by atoms with Crippen LogP contribution in [0.15, 0.2) is 194 Å². The Morgan fingerprint density at radius 1 is 0.232 bits per heavy atom. The lowest BCUT2D eigenvalue weighted by Crippen LogP contribution is -1.92. The van der Waals surface area contributed by atoms with Gasteiger partial charge in [-0.2, -0.15) is 0 Å². The second-order valence-electron chi connectivity index (χ2n) is 14.6. The summed E-state index contributed by atoms with van der Waals surface area (Å²) in [6.07, 6.45) is 0. The van der Waals surface area contributed by atoms with Crippen LogP contribution in [0.3, 0.4) is 0 Å². The van der Waals surface area contributed by atoms with Crippen LogP contribution in [0.2, 0.25) is 10.0 Å². The minimum atomic E-state index is 0.682. The molecule has 0 amide bonds. The van der Waals surface area contributed by atoms with Gasteiger partial charge < -0.3 is 0 Å². The zero-order valence-corrected chi connectivity index (χ0v) is 31.7. The lowest BCUT2D eigenvalue weighted by atomic mass is 9.84. The normalized spacial score (nSPS) is 11.8. The molecule has 0 aliphatic heterocycles. The van der Waals surface area contributed by atoms with Crippen molar-refractivity contribution in [1.29, 1.82) is 0 Å². The van der Waals surface area contributed by atoms with Crippen molar-refractivity contribution >= 4 is 87.8 Å². The highest BCUT2D eigenvalue weighted by molar-refractivity contribution is 6.43. The summed E-state index contributed by atoms with van der Waals surface area (Å²) in [6.45, 7) is 0. The van der Waals surface area contributed by atoms with Crippen molar-refractivity contribution in [2.75, 3.05) is 0 Å². The van der Waals surface area contributed by atoms with Gasteiger partial charge in [0, 0.05) is 20.8 Å². The first kappa shape index (κ1) is 32.9. The predicted octanol–water partition coefficient (Wildman–Crippen LogP) is 16.6. The van der Waals surface area contributed by atoms with Crippen LogP contribution in [0.4, 0.5) is 0 Å². The van der Waals surface area contributed by atoms with Crippen molar-refractivity contribution in [2.24, 2.45) is 0 Å². The van der Waals surface area contributed by atoms with Crippen molar-refractivity contribution in [3.8, 4) is 44.5 Å². The molecule has 0 atom stereocenters. The van der Waals surface area contributed by atoms with Gasteiger partial charge in [-0.1, -0.05) is 193 Å². The monoisotopic (exact) mass is 750 g/mol. The Morgan fingerprint density at radius 3 is 0.768 bits per heavy atom. The molecule has 11 rings (SSSR count). The van der Waals surface area contributed by atoms with Crippen molar-refractivity contribution in [1.82, 2.24) is 0 Å². The molecule has 0 fully saturated rings. The topological polar surface area (TPSA) is 0 Å². The van der Waals surface area contributed by atoms with Crippen molar-refractivity contribution in [3.05, 3.63) is 204 Å². The molecular formula is C54H32Cl2. The van der Waals surface area contributed by atoms with Crippen molar-refractivity contribution in [2.45, 2.75) is 0 Å². The second-order valence-corrected chi connectivity index (χ2v) is 15.4. The lowest BCUT2D eigenvalue weighted by molar-refractivity contribution is 1.66. The Hall–Kier alpha value is -6.44. The van der Waals surface area contributed by atoms with Gasteiger partial charge in [-0.15, -0.1) is 0 Å². The lowest BCUT2D eigenvalue weighted by Gasteiger charge is -2.19. The number of halogens is 2. The Labute approximate surface area is 334 Å². The molecule has 2 heteroatoms. The summed E-state index contributed by atoms with van der Waals surface area (Å²) >= 11 is 14.8. The maximum atomic E-state index is 7.42. The predicted molar refractivity (Wildman–Crippen MR) is 243 cm³/mol. The first-order chi connectivity index (χ1) is 27.6. The van der Waals surface area contributed by atoms with Crippen molar-refractivity contribution in [3.63, 3.8) is 0 Å². The molecule has 0 bridgehead atoms. The number of fused-ring (bicyclic) bond motifs is 7. The first-order valence-corrected chi connectivity index (χ1v) is 19.7. The van der Waals surface area contributed by atoms with Gasteiger partial charge in [-0.3, -0.25) is 0 Å². The molecule has 0 aliphatic rings. The molecule has 0 radical (unpaired) electrons. The van der Waals surface area contributed by atoms with Crippen molar-refractivity contribution < 1.29 is 0 Å². The van der Waals surface area contributed by atoms with Gasteiger partial charge in [-0.25, -0.2) is 0 Å². The number of hydrogen-bond acceptors (Lipinski definition) is 0. The zero-order chi connectivity index (χ0) is 37.3. The van der Waals surface area contributed by atoms with Gasteiger partial charge in [0.1, 0.15) is 0 Å². The standard InChI is InChI=1S/C54H32Cl2/c55-47-31-37(51-43-23-11-7-19-39(43)49(33-15-3-1-4-16-33)40-20-8-12-24-44(40)51)29-35-27-28-36-30-38(32-48(56)54(36)53(35)47)52-45-25-13-9-21-41(45)50(34-17-5-2-6-18-34)42-22-10-14-26-46(42)52/h1-32H. The molecule has 262 valence electrons. The van der Waals surface area contributed by atoms with Crippen LogP contribution in [0, 0.1) is 0 Å². The fourth-order valence-electron chi connectivity index (χ4n) is 9.23. The largest absolute Gasteiger partial charge is 0.0836 e. The molecular weight excluding hydrogens is 719 g/mol. The first-order valence-electron chi connectivity index (χ1n) is 19.0. The summed E-state index contributed by atoms with van der Waals surface area (Å²) < 4.78 is 0. The fraction of sp³-hybridized carbons (Fsp3) is 0. The molecule has 56 heavy (non-hydrogen) atoms. The van der Waals surface area contributed by atoms with Crippen LogP contribution >= 0.6 is 23.2 Å². The maximum Gasteiger partial charge on any atom is 0.0497 e. The minimum Gasteiger partial charge on any atom is -0.0836 e. The summed E-state index contributed by atoms with van der Waals surface area (Å²) in [6, 6.07) is 69.6. The number of hydrogen-bond donors (Lipinski definition) is 0.